The zero-order chi connectivity index (χ0) is 13.6. The van der Waals surface area contributed by atoms with Gasteiger partial charge in [-0.15, -0.1) is 0 Å². The molecule has 0 aromatic heterocycles. The first-order valence-electron chi connectivity index (χ1n) is 8.64. The Labute approximate surface area is 119 Å². The molecule has 2 fully saturated rings. The van der Waals surface area contributed by atoms with E-state index in [1.54, 1.807) is 0 Å². The summed E-state index contributed by atoms with van der Waals surface area (Å²) >= 11 is 0. The van der Waals surface area contributed by atoms with Crippen molar-refractivity contribution >= 4 is 0 Å². The van der Waals surface area contributed by atoms with Crippen LogP contribution in [-0.4, -0.2) is 19.3 Å². The highest BCUT2D eigenvalue weighted by atomic mass is 16.5. The lowest BCUT2D eigenvalue weighted by Gasteiger charge is -2.33. The summed E-state index contributed by atoms with van der Waals surface area (Å²) < 4.78 is 6.01. The van der Waals surface area contributed by atoms with E-state index < -0.39 is 0 Å². The summed E-state index contributed by atoms with van der Waals surface area (Å²) in [4.78, 5) is 0. The van der Waals surface area contributed by atoms with Gasteiger partial charge in [-0.25, -0.2) is 0 Å². The van der Waals surface area contributed by atoms with E-state index in [-0.39, 0.29) is 0 Å². The molecule has 2 rings (SSSR count). The van der Waals surface area contributed by atoms with E-state index in [0.29, 0.717) is 11.5 Å². The summed E-state index contributed by atoms with van der Waals surface area (Å²) in [5.74, 6) is 0.843. The molecule has 2 N–H and O–H groups in total. The zero-order valence-corrected chi connectivity index (χ0v) is 12.8. The van der Waals surface area contributed by atoms with E-state index in [1.165, 1.54) is 70.6 Å². The largest absolute Gasteiger partial charge is 0.377 e. The van der Waals surface area contributed by atoms with Crippen LogP contribution in [-0.2, 0) is 4.74 Å². The van der Waals surface area contributed by atoms with Gasteiger partial charge in [0, 0.05) is 18.6 Å². The van der Waals surface area contributed by atoms with Gasteiger partial charge in [0.15, 0.2) is 0 Å². The third-order valence-corrected chi connectivity index (χ3v) is 5.24. The van der Waals surface area contributed by atoms with Crippen LogP contribution in [0.15, 0.2) is 0 Å². The molecule has 2 heteroatoms. The molecule has 1 saturated carbocycles. The van der Waals surface area contributed by atoms with Crippen molar-refractivity contribution in [1.82, 2.24) is 0 Å². The second-order valence-corrected chi connectivity index (χ2v) is 6.82. The quantitative estimate of drug-likeness (QED) is 0.600. The second-order valence-electron chi connectivity index (χ2n) is 6.82. The molecule has 112 valence electrons. The van der Waals surface area contributed by atoms with Crippen LogP contribution in [0.1, 0.15) is 77.6 Å². The average molecular weight is 267 g/mol. The van der Waals surface area contributed by atoms with Crippen molar-refractivity contribution in [2.24, 2.45) is 17.1 Å². The summed E-state index contributed by atoms with van der Waals surface area (Å²) in [5.41, 5.74) is 6.46. The first-order valence-corrected chi connectivity index (χ1v) is 8.64. The van der Waals surface area contributed by atoms with Crippen molar-refractivity contribution in [3.05, 3.63) is 0 Å². The summed E-state index contributed by atoms with van der Waals surface area (Å²) in [6, 6.07) is 0. The molecule has 1 saturated heterocycles. The predicted octanol–water partition coefficient (Wildman–Crippen LogP) is 4.27. The molecule has 1 aliphatic heterocycles. The maximum Gasteiger partial charge on any atom is 0.0672 e. The lowest BCUT2D eigenvalue weighted by atomic mass is 9.75. The molecule has 0 bridgehead atoms. The van der Waals surface area contributed by atoms with Crippen LogP contribution in [0, 0.1) is 11.3 Å². The number of hydrogen-bond donors (Lipinski definition) is 1. The van der Waals surface area contributed by atoms with Crippen molar-refractivity contribution < 1.29 is 4.74 Å². The average Bonchev–Trinajstić information content (AvgIpc) is 3.19. The molecule has 19 heavy (non-hydrogen) atoms. The standard InChI is InChI=1S/C17H33NO/c1-2-3-4-5-6-7-8-11-17(14-18)12-13-19-16(17)15-9-10-15/h15-16H,2-14,18H2,1H3. The van der Waals surface area contributed by atoms with E-state index >= 15 is 0 Å². The number of rotatable bonds is 10. The molecule has 1 heterocycles. The summed E-state index contributed by atoms with van der Waals surface area (Å²) in [6.07, 6.45) is 15.5. The molecular formula is C17H33NO. The normalized spacial score (nSPS) is 30.9. The van der Waals surface area contributed by atoms with Gasteiger partial charge in [0.05, 0.1) is 6.10 Å². The Bertz CT molecular complexity index is 252. The Morgan fingerprint density at radius 2 is 1.74 bits per heavy atom. The van der Waals surface area contributed by atoms with Crippen molar-refractivity contribution in [2.45, 2.75) is 83.7 Å². The van der Waals surface area contributed by atoms with Gasteiger partial charge in [-0.1, -0.05) is 51.9 Å². The Morgan fingerprint density at radius 3 is 2.37 bits per heavy atom. The molecule has 2 aliphatic rings. The third-order valence-electron chi connectivity index (χ3n) is 5.24. The SMILES string of the molecule is CCCCCCCCCC1(CN)CCOC1C1CC1. The van der Waals surface area contributed by atoms with Crippen molar-refractivity contribution in [3.63, 3.8) is 0 Å². The van der Waals surface area contributed by atoms with Crippen LogP contribution in [0.3, 0.4) is 0 Å². The Morgan fingerprint density at radius 1 is 1.05 bits per heavy atom. The van der Waals surface area contributed by atoms with Gasteiger partial charge in [0.25, 0.3) is 0 Å². The zero-order valence-electron chi connectivity index (χ0n) is 12.8. The van der Waals surface area contributed by atoms with Crippen LogP contribution in [0.25, 0.3) is 0 Å². The fourth-order valence-corrected chi connectivity index (χ4v) is 3.76. The van der Waals surface area contributed by atoms with E-state index in [0.717, 1.165) is 19.1 Å². The molecule has 1 aliphatic carbocycles. The number of ether oxygens (including phenoxy) is 1. The van der Waals surface area contributed by atoms with Crippen LogP contribution in [0.5, 0.6) is 0 Å². The van der Waals surface area contributed by atoms with Gasteiger partial charge in [-0.2, -0.15) is 0 Å². The fraction of sp³-hybridized carbons (Fsp3) is 1.00. The van der Waals surface area contributed by atoms with Crippen LogP contribution >= 0.6 is 0 Å². The third kappa shape index (κ3) is 4.19. The lowest BCUT2D eigenvalue weighted by molar-refractivity contribution is 0.0293. The highest BCUT2D eigenvalue weighted by Crippen LogP contribution is 2.49. The molecule has 2 atom stereocenters. The van der Waals surface area contributed by atoms with Gasteiger partial charge in [-0.05, 0) is 31.6 Å². The Hall–Kier alpha value is -0.0800. The summed E-state index contributed by atoms with van der Waals surface area (Å²) in [5, 5.41) is 0. The summed E-state index contributed by atoms with van der Waals surface area (Å²) in [6.45, 7) is 4.07. The highest BCUT2D eigenvalue weighted by Gasteiger charge is 2.49. The predicted molar refractivity (Wildman–Crippen MR) is 81.2 cm³/mol. The Kier molecular flexibility index (Phi) is 6.15. The number of hydrogen-bond acceptors (Lipinski definition) is 2. The minimum Gasteiger partial charge on any atom is -0.377 e. The highest BCUT2D eigenvalue weighted by molar-refractivity contribution is 4.99. The van der Waals surface area contributed by atoms with Crippen LogP contribution < -0.4 is 5.73 Å². The second kappa shape index (κ2) is 7.64. The molecule has 2 unspecified atom stereocenters. The Balaban J connectivity index is 1.64. The first-order chi connectivity index (χ1) is 9.32. The monoisotopic (exact) mass is 267 g/mol. The van der Waals surface area contributed by atoms with E-state index in [9.17, 15) is 0 Å². The number of nitrogens with two attached hydrogens (primary N) is 1. The molecule has 0 spiro atoms. The summed E-state index contributed by atoms with van der Waals surface area (Å²) in [7, 11) is 0. The molecule has 2 nitrogen and oxygen atoms in total. The van der Waals surface area contributed by atoms with E-state index in [2.05, 4.69) is 6.92 Å². The van der Waals surface area contributed by atoms with E-state index in [4.69, 9.17) is 10.5 Å². The van der Waals surface area contributed by atoms with Gasteiger partial charge in [0.2, 0.25) is 0 Å². The van der Waals surface area contributed by atoms with Crippen molar-refractivity contribution in [2.75, 3.05) is 13.2 Å². The maximum absolute atomic E-state index is 6.13. The van der Waals surface area contributed by atoms with Crippen LogP contribution in [0.4, 0.5) is 0 Å². The minimum absolute atomic E-state index is 0.338. The first kappa shape index (κ1) is 15.3. The van der Waals surface area contributed by atoms with Gasteiger partial charge in [-0.3, -0.25) is 0 Å². The topological polar surface area (TPSA) is 35.2 Å². The van der Waals surface area contributed by atoms with Crippen molar-refractivity contribution in [3.8, 4) is 0 Å². The lowest BCUT2D eigenvalue weighted by Crippen LogP contribution is -2.39. The van der Waals surface area contributed by atoms with Gasteiger partial charge >= 0.3 is 0 Å². The molecule has 0 aromatic rings. The molecule has 0 amide bonds. The number of unbranched alkanes of at least 4 members (excludes halogenated alkanes) is 6. The smallest absolute Gasteiger partial charge is 0.0672 e. The molecule has 0 aromatic carbocycles. The molecular weight excluding hydrogens is 234 g/mol. The van der Waals surface area contributed by atoms with Gasteiger partial charge < -0.3 is 10.5 Å². The van der Waals surface area contributed by atoms with E-state index in [1.807, 2.05) is 0 Å². The maximum atomic E-state index is 6.13. The van der Waals surface area contributed by atoms with Crippen molar-refractivity contribution in [1.29, 1.82) is 0 Å². The van der Waals surface area contributed by atoms with Gasteiger partial charge in [0.1, 0.15) is 0 Å². The fourth-order valence-electron chi connectivity index (χ4n) is 3.76. The molecule has 0 radical (unpaired) electrons. The van der Waals surface area contributed by atoms with Crippen LogP contribution in [0.2, 0.25) is 0 Å². The minimum atomic E-state index is 0.338.